The lowest BCUT2D eigenvalue weighted by Crippen LogP contribution is -2.47. The molecule has 0 aliphatic carbocycles. The molecule has 0 saturated carbocycles. The van der Waals surface area contributed by atoms with Gasteiger partial charge in [-0.3, -0.25) is 14.4 Å². The summed E-state index contributed by atoms with van der Waals surface area (Å²) in [6.07, 6.45) is 0. The van der Waals surface area contributed by atoms with Gasteiger partial charge < -0.3 is 15.5 Å². The molecule has 0 saturated heterocycles. The first-order valence-corrected chi connectivity index (χ1v) is 9.63. The molecule has 0 fully saturated rings. The van der Waals surface area contributed by atoms with Crippen molar-refractivity contribution in [2.75, 3.05) is 18.4 Å². The summed E-state index contributed by atoms with van der Waals surface area (Å²) in [5.41, 5.74) is 0.732. The molecule has 0 spiro atoms. The Kier molecular flexibility index (Phi) is 6.74. The zero-order chi connectivity index (χ0) is 20.0. The zero-order valence-corrected chi connectivity index (χ0v) is 16.9. The minimum Gasteiger partial charge on any atom is -0.350 e. The van der Waals surface area contributed by atoms with Crippen LogP contribution in [0.25, 0.3) is 0 Å². The van der Waals surface area contributed by atoms with Crippen LogP contribution in [0, 0.1) is 0 Å². The topological polar surface area (TPSA) is 78.5 Å². The molecule has 0 radical (unpaired) electrons. The van der Waals surface area contributed by atoms with Gasteiger partial charge in [-0.15, -0.1) is 11.3 Å². The van der Waals surface area contributed by atoms with Gasteiger partial charge in [0.25, 0.3) is 11.8 Å². The molecule has 3 amide bonds. The van der Waals surface area contributed by atoms with Gasteiger partial charge in [0.15, 0.2) is 0 Å². The van der Waals surface area contributed by atoms with Gasteiger partial charge in [0.05, 0.1) is 11.4 Å². The number of carbonyl (C=O) groups is 3. The number of anilines is 1. The summed E-state index contributed by atoms with van der Waals surface area (Å²) in [4.78, 5) is 38.9. The number of likely N-dealkylation sites (N-methyl/N-ethyl adjacent to an activating group) is 1. The second kappa shape index (κ2) is 8.81. The van der Waals surface area contributed by atoms with Gasteiger partial charge in [-0.25, -0.2) is 0 Å². The molecule has 7 heteroatoms. The molecule has 0 unspecified atom stereocenters. The molecule has 0 atom stereocenters. The lowest BCUT2D eigenvalue weighted by molar-refractivity contribution is -0.123. The smallest absolute Gasteiger partial charge is 0.265 e. The first kappa shape index (κ1) is 20.6. The third-order valence-electron chi connectivity index (χ3n) is 3.65. The van der Waals surface area contributed by atoms with Crippen molar-refractivity contribution in [3.8, 4) is 0 Å². The van der Waals surface area contributed by atoms with Crippen molar-refractivity contribution < 1.29 is 14.4 Å². The fourth-order valence-corrected chi connectivity index (χ4v) is 3.06. The van der Waals surface area contributed by atoms with Crippen molar-refractivity contribution in [1.29, 1.82) is 0 Å². The maximum absolute atomic E-state index is 12.7. The van der Waals surface area contributed by atoms with Gasteiger partial charge >= 0.3 is 0 Å². The highest BCUT2D eigenvalue weighted by atomic mass is 32.1. The summed E-state index contributed by atoms with van der Waals surface area (Å²) in [6, 6.07) is 10.2. The van der Waals surface area contributed by atoms with Crippen molar-refractivity contribution in [1.82, 2.24) is 10.2 Å². The van der Waals surface area contributed by atoms with Crippen molar-refractivity contribution in [2.45, 2.75) is 33.2 Å². The fraction of sp³-hybridized carbons (Fsp3) is 0.350. The average molecular weight is 388 g/mol. The number of rotatable bonds is 6. The van der Waals surface area contributed by atoms with E-state index in [1.807, 2.05) is 39.1 Å². The molecule has 27 heavy (non-hydrogen) atoms. The Labute approximate surface area is 163 Å². The van der Waals surface area contributed by atoms with E-state index in [4.69, 9.17) is 0 Å². The summed E-state index contributed by atoms with van der Waals surface area (Å²) < 4.78 is 0. The van der Waals surface area contributed by atoms with Crippen LogP contribution in [0.2, 0.25) is 0 Å². The van der Waals surface area contributed by atoms with Crippen LogP contribution < -0.4 is 10.6 Å². The highest BCUT2D eigenvalue weighted by Gasteiger charge is 2.20. The minimum atomic E-state index is -0.345. The molecule has 2 N–H and O–H groups in total. The molecule has 2 aromatic rings. The monoisotopic (exact) mass is 387 g/mol. The molecule has 0 bridgehead atoms. The summed E-state index contributed by atoms with van der Waals surface area (Å²) >= 11 is 1.36. The Morgan fingerprint density at radius 1 is 1.07 bits per heavy atom. The van der Waals surface area contributed by atoms with E-state index in [2.05, 4.69) is 10.6 Å². The van der Waals surface area contributed by atoms with E-state index < -0.39 is 0 Å². The van der Waals surface area contributed by atoms with E-state index in [0.717, 1.165) is 0 Å². The van der Waals surface area contributed by atoms with E-state index in [-0.39, 0.29) is 29.8 Å². The molecule has 6 nitrogen and oxygen atoms in total. The quantitative estimate of drug-likeness (QED) is 0.798. The second-order valence-electron chi connectivity index (χ2n) is 7.13. The van der Waals surface area contributed by atoms with Crippen LogP contribution in [0.15, 0.2) is 41.8 Å². The number of hydrogen-bond acceptors (Lipinski definition) is 4. The third kappa shape index (κ3) is 6.21. The SMILES string of the molecule is CCN(CC(=O)NC(C)(C)C)C(=O)c1ccc(NC(=O)c2cccs2)cc1. The Bertz CT molecular complexity index is 793. The van der Waals surface area contributed by atoms with Gasteiger partial charge in [-0.1, -0.05) is 6.07 Å². The van der Waals surface area contributed by atoms with E-state index in [1.54, 1.807) is 30.3 Å². The lowest BCUT2D eigenvalue weighted by Gasteiger charge is -2.25. The number of nitrogens with zero attached hydrogens (tertiary/aromatic N) is 1. The molecule has 1 aromatic carbocycles. The van der Waals surface area contributed by atoms with Crippen molar-refractivity contribution >= 4 is 34.7 Å². The van der Waals surface area contributed by atoms with Crippen molar-refractivity contribution in [3.63, 3.8) is 0 Å². The summed E-state index contributed by atoms with van der Waals surface area (Å²) in [5, 5.41) is 7.49. The van der Waals surface area contributed by atoms with Crippen LogP contribution >= 0.6 is 11.3 Å². The van der Waals surface area contributed by atoms with Crippen LogP contribution in [-0.4, -0.2) is 41.2 Å². The van der Waals surface area contributed by atoms with Crippen LogP contribution in [0.5, 0.6) is 0 Å². The van der Waals surface area contributed by atoms with E-state index >= 15 is 0 Å². The first-order chi connectivity index (χ1) is 12.7. The molecular formula is C20H25N3O3S. The largest absolute Gasteiger partial charge is 0.350 e. The molecule has 0 aliphatic rings. The number of hydrogen-bond donors (Lipinski definition) is 2. The highest BCUT2D eigenvalue weighted by molar-refractivity contribution is 7.12. The van der Waals surface area contributed by atoms with Crippen molar-refractivity contribution in [2.24, 2.45) is 0 Å². The molecule has 1 heterocycles. The predicted molar refractivity (Wildman–Crippen MR) is 108 cm³/mol. The normalized spacial score (nSPS) is 11.0. The fourth-order valence-electron chi connectivity index (χ4n) is 2.44. The zero-order valence-electron chi connectivity index (χ0n) is 16.0. The molecule has 0 aliphatic heterocycles. The number of thiophene rings is 1. The maximum atomic E-state index is 12.7. The number of benzene rings is 1. The molecule has 2 rings (SSSR count). The molecule has 1 aromatic heterocycles. The van der Waals surface area contributed by atoms with Crippen LogP contribution in [0.3, 0.4) is 0 Å². The number of amides is 3. The molecular weight excluding hydrogens is 362 g/mol. The Balaban J connectivity index is 2.00. The minimum absolute atomic E-state index is 0.00344. The standard InChI is InChI=1S/C20H25N3O3S/c1-5-23(13-17(24)22-20(2,3)4)19(26)14-8-10-15(11-9-14)21-18(25)16-7-6-12-27-16/h6-12H,5,13H2,1-4H3,(H,21,25)(H,22,24). The van der Waals surface area contributed by atoms with Gasteiger partial charge in [0, 0.05) is 23.3 Å². The maximum Gasteiger partial charge on any atom is 0.265 e. The van der Waals surface area contributed by atoms with Crippen LogP contribution in [0.1, 0.15) is 47.7 Å². The van der Waals surface area contributed by atoms with E-state index in [0.29, 0.717) is 22.7 Å². The summed E-state index contributed by atoms with van der Waals surface area (Å²) in [7, 11) is 0. The van der Waals surface area contributed by atoms with Crippen LogP contribution in [0.4, 0.5) is 5.69 Å². The van der Waals surface area contributed by atoms with Gasteiger partial charge in [-0.05, 0) is 63.4 Å². The van der Waals surface area contributed by atoms with Gasteiger partial charge in [0.2, 0.25) is 5.91 Å². The highest BCUT2D eigenvalue weighted by Crippen LogP contribution is 2.15. The molecule has 144 valence electrons. The van der Waals surface area contributed by atoms with Crippen molar-refractivity contribution in [3.05, 3.63) is 52.2 Å². The number of nitrogens with one attached hydrogen (secondary N) is 2. The van der Waals surface area contributed by atoms with Gasteiger partial charge in [-0.2, -0.15) is 0 Å². The van der Waals surface area contributed by atoms with E-state index in [1.165, 1.54) is 16.2 Å². The Hall–Kier alpha value is -2.67. The Morgan fingerprint density at radius 3 is 2.26 bits per heavy atom. The van der Waals surface area contributed by atoms with Crippen LogP contribution in [-0.2, 0) is 4.79 Å². The average Bonchev–Trinajstić information content (AvgIpc) is 3.13. The summed E-state index contributed by atoms with van der Waals surface area (Å²) in [5.74, 6) is -0.603. The lowest BCUT2D eigenvalue weighted by atomic mass is 10.1. The first-order valence-electron chi connectivity index (χ1n) is 8.75. The second-order valence-corrected chi connectivity index (χ2v) is 8.07. The number of carbonyl (C=O) groups excluding carboxylic acids is 3. The predicted octanol–water partition coefficient (Wildman–Crippen LogP) is 3.38. The third-order valence-corrected chi connectivity index (χ3v) is 4.52. The van der Waals surface area contributed by atoms with Gasteiger partial charge in [0.1, 0.15) is 0 Å². The Morgan fingerprint density at radius 2 is 1.74 bits per heavy atom. The summed E-state index contributed by atoms with van der Waals surface area (Å²) in [6.45, 7) is 7.94. The van der Waals surface area contributed by atoms with E-state index in [9.17, 15) is 14.4 Å².